The second kappa shape index (κ2) is 10.8. The van der Waals surface area contributed by atoms with Crippen molar-refractivity contribution >= 4 is 0 Å². The van der Waals surface area contributed by atoms with Crippen LogP contribution >= 0.6 is 0 Å². The zero-order valence-electron chi connectivity index (χ0n) is 12.8. The van der Waals surface area contributed by atoms with E-state index in [4.69, 9.17) is 15.2 Å². The van der Waals surface area contributed by atoms with Crippen LogP contribution in [0.2, 0.25) is 0 Å². The van der Waals surface area contributed by atoms with Crippen molar-refractivity contribution in [2.45, 2.75) is 26.9 Å². The highest BCUT2D eigenvalue weighted by Gasteiger charge is 2.06. The summed E-state index contributed by atoms with van der Waals surface area (Å²) in [7, 11) is 0. The summed E-state index contributed by atoms with van der Waals surface area (Å²) in [6, 6.07) is 8.46. The average Bonchev–Trinajstić information content (AvgIpc) is 2.47. The number of rotatable bonds is 11. The van der Waals surface area contributed by atoms with Gasteiger partial charge in [-0.1, -0.05) is 24.3 Å². The van der Waals surface area contributed by atoms with Crippen molar-refractivity contribution in [2.24, 2.45) is 5.73 Å². The van der Waals surface area contributed by atoms with Crippen LogP contribution in [0, 0.1) is 0 Å². The Bertz CT molecular complexity index is 348. The van der Waals surface area contributed by atoms with E-state index in [1.54, 1.807) is 0 Å². The van der Waals surface area contributed by atoms with E-state index in [0.717, 1.165) is 46.1 Å². The van der Waals surface area contributed by atoms with Crippen LogP contribution < -0.4 is 5.73 Å². The molecule has 0 bridgehead atoms. The molecule has 114 valence electrons. The molecule has 0 atom stereocenters. The molecule has 4 nitrogen and oxygen atoms in total. The van der Waals surface area contributed by atoms with Gasteiger partial charge in [0.15, 0.2) is 0 Å². The minimum absolute atomic E-state index is 0.589. The van der Waals surface area contributed by atoms with Crippen molar-refractivity contribution in [3.8, 4) is 0 Å². The van der Waals surface area contributed by atoms with Crippen LogP contribution in [-0.2, 0) is 22.6 Å². The third kappa shape index (κ3) is 7.01. The molecule has 4 heteroatoms. The summed E-state index contributed by atoms with van der Waals surface area (Å²) in [4.78, 5) is 2.36. The fraction of sp³-hybridized carbons (Fsp3) is 0.625. The molecule has 1 aromatic rings. The van der Waals surface area contributed by atoms with E-state index in [-0.39, 0.29) is 0 Å². The molecule has 1 aromatic carbocycles. The average molecular weight is 280 g/mol. The Morgan fingerprint density at radius 2 is 1.60 bits per heavy atom. The first kappa shape index (κ1) is 17.1. The maximum Gasteiger partial charge on any atom is 0.0593 e. The van der Waals surface area contributed by atoms with Crippen LogP contribution in [0.15, 0.2) is 24.3 Å². The predicted octanol–water partition coefficient (Wildman–Crippen LogP) is 2.02. The van der Waals surface area contributed by atoms with E-state index < -0.39 is 0 Å². The number of hydrogen-bond acceptors (Lipinski definition) is 4. The fourth-order valence-corrected chi connectivity index (χ4v) is 2.06. The lowest BCUT2D eigenvalue weighted by Gasteiger charge is -2.22. The maximum atomic E-state index is 5.69. The molecule has 0 amide bonds. The molecular formula is C16H28N2O2. The van der Waals surface area contributed by atoms with Gasteiger partial charge in [-0.15, -0.1) is 0 Å². The van der Waals surface area contributed by atoms with Gasteiger partial charge >= 0.3 is 0 Å². The Labute approximate surface area is 122 Å². The van der Waals surface area contributed by atoms with Gasteiger partial charge in [0.05, 0.1) is 13.2 Å². The van der Waals surface area contributed by atoms with E-state index in [9.17, 15) is 0 Å². The second-order valence-electron chi connectivity index (χ2n) is 4.69. The zero-order chi connectivity index (χ0) is 14.6. The molecule has 0 aliphatic carbocycles. The van der Waals surface area contributed by atoms with Gasteiger partial charge in [-0.25, -0.2) is 0 Å². The van der Waals surface area contributed by atoms with Gasteiger partial charge in [0.2, 0.25) is 0 Å². The molecule has 0 saturated heterocycles. The summed E-state index contributed by atoms with van der Waals surface area (Å²) >= 11 is 0. The van der Waals surface area contributed by atoms with Gasteiger partial charge in [-0.2, -0.15) is 0 Å². The van der Waals surface area contributed by atoms with Crippen molar-refractivity contribution in [1.82, 2.24) is 4.90 Å². The van der Waals surface area contributed by atoms with E-state index in [0.29, 0.717) is 6.54 Å². The Morgan fingerprint density at radius 1 is 1.00 bits per heavy atom. The summed E-state index contributed by atoms with van der Waals surface area (Å²) < 4.78 is 10.9. The van der Waals surface area contributed by atoms with E-state index in [1.165, 1.54) is 11.1 Å². The van der Waals surface area contributed by atoms with Gasteiger partial charge in [-0.3, -0.25) is 4.90 Å². The highest BCUT2D eigenvalue weighted by Crippen LogP contribution is 2.08. The highest BCUT2D eigenvalue weighted by atomic mass is 16.5. The van der Waals surface area contributed by atoms with Gasteiger partial charge in [0.1, 0.15) is 0 Å². The Morgan fingerprint density at radius 3 is 2.15 bits per heavy atom. The first-order chi connectivity index (χ1) is 9.80. The zero-order valence-corrected chi connectivity index (χ0v) is 12.8. The molecule has 1 rings (SSSR count). The fourth-order valence-electron chi connectivity index (χ4n) is 2.06. The first-order valence-electron chi connectivity index (χ1n) is 7.45. The van der Waals surface area contributed by atoms with Gasteiger partial charge in [-0.05, 0) is 25.0 Å². The summed E-state index contributed by atoms with van der Waals surface area (Å²) in [5, 5.41) is 0. The van der Waals surface area contributed by atoms with Gasteiger partial charge in [0.25, 0.3) is 0 Å². The smallest absolute Gasteiger partial charge is 0.0593 e. The molecule has 0 aromatic heterocycles. The van der Waals surface area contributed by atoms with Gasteiger partial charge in [0, 0.05) is 39.4 Å². The van der Waals surface area contributed by atoms with Crippen molar-refractivity contribution in [2.75, 3.05) is 39.5 Å². The van der Waals surface area contributed by atoms with Crippen molar-refractivity contribution in [3.05, 3.63) is 35.4 Å². The number of hydrogen-bond donors (Lipinski definition) is 1. The molecule has 0 aliphatic rings. The Balaban J connectivity index is 2.51. The quantitative estimate of drug-likeness (QED) is 0.630. The summed E-state index contributed by atoms with van der Waals surface area (Å²) in [6.07, 6.45) is 0. The molecule has 0 spiro atoms. The molecule has 2 N–H and O–H groups in total. The summed E-state index contributed by atoms with van der Waals surface area (Å²) in [5.41, 5.74) is 8.16. The topological polar surface area (TPSA) is 47.7 Å². The molecule has 0 unspecified atom stereocenters. The molecule has 0 saturated carbocycles. The molecule has 20 heavy (non-hydrogen) atoms. The lowest BCUT2D eigenvalue weighted by Crippen LogP contribution is -2.30. The van der Waals surface area contributed by atoms with E-state index in [1.807, 2.05) is 13.8 Å². The third-order valence-electron chi connectivity index (χ3n) is 3.15. The maximum absolute atomic E-state index is 5.69. The van der Waals surface area contributed by atoms with Crippen LogP contribution in [0.1, 0.15) is 25.0 Å². The van der Waals surface area contributed by atoms with Crippen LogP contribution in [-0.4, -0.2) is 44.4 Å². The Kier molecular flexibility index (Phi) is 9.24. The van der Waals surface area contributed by atoms with Gasteiger partial charge < -0.3 is 15.2 Å². The summed E-state index contributed by atoms with van der Waals surface area (Å²) in [5.74, 6) is 0. The highest BCUT2D eigenvalue weighted by molar-refractivity contribution is 5.23. The minimum Gasteiger partial charge on any atom is -0.380 e. The molecular weight excluding hydrogens is 252 g/mol. The number of nitrogens with two attached hydrogens (primary N) is 1. The van der Waals surface area contributed by atoms with Crippen LogP contribution in [0.25, 0.3) is 0 Å². The second-order valence-corrected chi connectivity index (χ2v) is 4.69. The monoisotopic (exact) mass is 280 g/mol. The van der Waals surface area contributed by atoms with Crippen LogP contribution in [0.4, 0.5) is 0 Å². The third-order valence-corrected chi connectivity index (χ3v) is 3.15. The molecule has 0 fully saturated rings. The lowest BCUT2D eigenvalue weighted by molar-refractivity contribution is 0.0798. The van der Waals surface area contributed by atoms with Crippen LogP contribution in [0.5, 0.6) is 0 Å². The SMILES string of the molecule is CCOCCN(CCOCC)Cc1cccc(CN)c1. The van der Waals surface area contributed by atoms with E-state index >= 15 is 0 Å². The lowest BCUT2D eigenvalue weighted by atomic mass is 10.1. The predicted molar refractivity (Wildman–Crippen MR) is 82.6 cm³/mol. The van der Waals surface area contributed by atoms with Crippen molar-refractivity contribution in [1.29, 1.82) is 0 Å². The van der Waals surface area contributed by atoms with Crippen molar-refractivity contribution < 1.29 is 9.47 Å². The summed E-state index contributed by atoms with van der Waals surface area (Å²) in [6.45, 7) is 10.5. The standard InChI is InChI=1S/C16H28N2O2/c1-3-19-10-8-18(9-11-20-4-2)14-16-7-5-6-15(12-16)13-17/h5-7,12H,3-4,8-11,13-14,17H2,1-2H3. The molecule has 0 heterocycles. The first-order valence-corrected chi connectivity index (χ1v) is 7.45. The number of ether oxygens (including phenoxy) is 2. The van der Waals surface area contributed by atoms with Crippen molar-refractivity contribution in [3.63, 3.8) is 0 Å². The number of benzene rings is 1. The number of nitrogens with zero attached hydrogens (tertiary/aromatic N) is 1. The largest absolute Gasteiger partial charge is 0.380 e. The molecule has 0 radical (unpaired) electrons. The van der Waals surface area contributed by atoms with Crippen LogP contribution in [0.3, 0.4) is 0 Å². The Hall–Kier alpha value is -0.940. The van der Waals surface area contributed by atoms with E-state index in [2.05, 4.69) is 29.2 Å². The normalized spacial score (nSPS) is 11.2. The minimum atomic E-state index is 0.589. The molecule has 0 aliphatic heterocycles.